The molecule has 0 bridgehead atoms. The first-order valence-corrected chi connectivity index (χ1v) is 4.16. The molecule has 1 N–H and O–H groups in total. The van der Waals surface area contributed by atoms with Crippen LogP contribution in [0.15, 0.2) is 39.6 Å². The standard InChI is InChI=1S/C11H8O3/c12-9-7-11(13)14-10-6-4-2-1-3-5-8(9)10/h1-7,12H/b2-1-,3-1?,4-2?,5-3?,6-4-,8-5?,10-6?. The lowest BCUT2D eigenvalue weighted by molar-refractivity contribution is 0.442. The number of hydrogen-bond acceptors (Lipinski definition) is 3. The quantitative estimate of drug-likeness (QED) is 0.676. The minimum Gasteiger partial charge on any atom is -0.507 e. The molecule has 70 valence electrons. The van der Waals surface area contributed by atoms with Gasteiger partial charge in [0.05, 0.1) is 11.6 Å². The van der Waals surface area contributed by atoms with E-state index >= 15 is 0 Å². The highest BCUT2D eigenvalue weighted by atomic mass is 16.4. The summed E-state index contributed by atoms with van der Waals surface area (Å²) < 4.78 is 4.93. The van der Waals surface area contributed by atoms with Crippen molar-refractivity contribution in [1.29, 1.82) is 0 Å². The van der Waals surface area contributed by atoms with Crippen LogP contribution in [0.5, 0.6) is 5.75 Å². The molecule has 2 rings (SSSR count). The van der Waals surface area contributed by atoms with Crippen LogP contribution in [-0.2, 0) is 0 Å². The first-order valence-electron chi connectivity index (χ1n) is 4.16. The maximum Gasteiger partial charge on any atom is 0.339 e. The molecule has 0 radical (unpaired) electrons. The molecule has 0 fully saturated rings. The van der Waals surface area contributed by atoms with Crippen molar-refractivity contribution in [3.05, 3.63) is 52.1 Å². The zero-order valence-electron chi connectivity index (χ0n) is 7.31. The van der Waals surface area contributed by atoms with Gasteiger partial charge in [-0.2, -0.15) is 0 Å². The van der Waals surface area contributed by atoms with Crippen LogP contribution in [0.2, 0.25) is 0 Å². The third kappa shape index (κ3) is 1.52. The Bertz CT molecular complexity index is 490. The normalized spacial score (nSPS) is 18.0. The first-order chi connectivity index (χ1) is 6.77. The zero-order valence-corrected chi connectivity index (χ0v) is 7.31. The van der Waals surface area contributed by atoms with Gasteiger partial charge in [0, 0.05) is 0 Å². The number of rotatable bonds is 0. The number of allylic oxidation sites excluding steroid dienone is 4. The van der Waals surface area contributed by atoms with E-state index in [4.69, 9.17) is 4.42 Å². The summed E-state index contributed by atoms with van der Waals surface area (Å²) >= 11 is 0. The zero-order chi connectivity index (χ0) is 9.97. The third-order valence-corrected chi connectivity index (χ3v) is 1.85. The van der Waals surface area contributed by atoms with Crippen molar-refractivity contribution in [3.8, 4) is 5.75 Å². The van der Waals surface area contributed by atoms with Crippen molar-refractivity contribution >= 4 is 12.2 Å². The van der Waals surface area contributed by atoms with Crippen LogP contribution in [0.4, 0.5) is 0 Å². The molecular formula is C11H8O3. The molecule has 0 aliphatic heterocycles. The topological polar surface area (TPSA) is 50.4 Å². The second-order valence-corrected chi connectivity index (χ2v) is 2.83. The van der Waals surface area contributed by atoms with Crippen molar-refractivity contribution in [2.24, 2.45) is 0 Å². The molecule has 0 spiro atoms. The SMILES string of the molecule is O=c1cc(O)c2c(o1)/C=C\C=C/C=C2. The maximum atomic E-state index is 11.0. The fraction of sp³-hybridized carbons (Fsp3) is 0. The highest BCUT2D eigenvalue weighted by Crippen LogP contribution is 2.22. The molecule has 1 aromatic heterocycles. The molecule has 14 heavy (non-hydrogen) atoms. The van der Waals surface area contributed by atoms with Gasteiger partial charge in [0.2, 0.25) is 0 Å². The predicted octanol–water partition coefficient (Wildman–Crippen LogP) is 1.94. The molecule has 1 aliphatic rings. The third-order valence-electron chi connectivity index (χ3n) is 1.85. The molecule has 3 nitrogen and oxygen atoms in total. The molecule has 0 amide bonds. The Morgan fingerprint density at radius 1 is 1.07 bits per heavy atom. The number of aromatic hydroxyl groups is 1. The van der Waals surface area contributed by atoms with Crippen LogP contribution in [0, 0.1) is 0 Å². The average molecular weight is 188 g/mol. The first kappa shape index (κ1) is 8.56. The Kier molecular flexibility index (Phi) is 2.07. The molecule has 1 aromatic rings. The lowest BCUT2D eigenvalue weighted by atomic mass is 10.1. The largest absolute Gasteiger partial charge is 0.507 e. The second-order valence-electron chi connectivity index (χ2n) is 2.83. The van der Waals surface area contributed by atoms with E-state index in [1.54, 1.807) is 24.3 Å². The number of hydrogen-bond donors (Lipinski definition) is 1. The smallest absolute Gasteiger partial charge is 0.339 e. The van der Waals surface area contributed by atoms with E-state index in [0.29, 0.717) is 11.3 Å². The minimum atomic E-state index is -0.552. The van der Waals surface area contributed by atoms with E-state index in [2.05, 4.69) is 0 Å². The molecular weight excluding hydrogens is 180 g/mol. The van der Waals surface area contributed by atoms with Gasteiger partial charge in [-0.05, 0) is 12.2 Å². The second kappa shape index (κ2) is 3.38. The van der Waals surface area contributed by atoms with Gasteiger partial charge in [-0.1, -0.05) is 24.3 Å². The van der Waals surface area contributed by atoms with Gasteiger partial charge >= 0.3 is 5.63 Å². The molecule has 0 atom stereocenters. The van der Waals surface area contributed by atoms with Crippen LogP contribution in [-0.4, -0.2) is 5.11 Å². The summed E-state index contributed by atoms with van der Waals surface area (Å²) in [7, 11) is 0. The summed E-state index contributed by atoms with van der Waals surface area (Å²) in [4.78, 5) is 11.0. The summed E-state index contributed by atoms with van der Waals surface area (Å²) in [6.45, 7) is 0. The Hall–Kier alpha value is -2.03. The average Bonchev–Trinajstić information content (AvgIpc) is 2.07. The molecule has 0 saturated carbocycles. The maximum absolute atomic E-state index is 11.0. The van der Waals surface area contributed by atoms with E-state index in [-0.39, 0.29) is 5.75 Å². The summed E-state index contributed by atoms with van der Waals surface area (Å²) in [5.74, 6) is 0.308. The van der Waals surface area contributed by atoms with Crippen LogP contribution in [0.25, 0.3) is 12.2 Å². The van der Waals surface area contributed by atoms with Gasteiger partial charge in [-0.25, -0.2) is 4.79 Å². The molecule has 3 heteroatoms. The van der Waals surface area contributed by atoms with Gasteiger partial charge in [-0.15, -0.1) is 0 Å². The highest BCUT2D eigenvalue weighted by Gasteiger charge is 2.07. The fourth-order valence-corrected chi connectivity index (χ4v) is 1.22. The highest BCUT2D eigenvalue weighted by molar-refractivity contribution is 5.68. The monoisotopic (exact) mass is 188 g/mol. The van der Waals surface area contributed by atoms with E-state index in [9.17, 15) is 9.90 Å². The summed E-state index contributed by atoms with van der Waals surface area (Å²) in [5, 5.41) is 9.48. The molecule has 0 unspecified atom stereocenters. The Balaban J connectivity index is 2.71. The van der Waals surface area contributed by atoms with Crippen molar-refractivity contribution < 1.29 is 9.52 Å². The van der Waals surface area contributed by atoms with E-state index in [1.165, 1.54) is 0 Å². The van der Waals surface area contributed by atoms with Crippen molar-refractivity contribution in [2.75, 3.05) is 0 Å². The lowest BCUT2D eigenvalue weighted by Gasteiger charge is -2.02. The molecule has 0 saturated heterocycles. The molecule has 1 heterocycles. The summed E-state index contributed by atoms with van der Waals surface area (Å²) in [5.41, 5.74) is -0.0333. The summed E-state index contributed by atoms with van der Waals surface area (Å²) in [6, 6.07) is 1.06. The minimum absolute atomic E-state index is 0.0625. The fourth-order valence-electron chi connectivity index (χ4n) is 1.22. The van der Waals surface area contributed by atoms with E-state index < -0.39 is 5.63 Å². The summed E-state index contributed by atoms with van der Waals surface area (Å²) in [6.07, 6.45) is 10.5. The van der Waals surface area contributed by atoms with Gasteiger partial charge in [0.1, 0.15) is 11.5 Å². The van der Waals surface area contributed by atoms with Crippen molar-refractivity contribution in [3.63, 3.8) is 0 Å². The Morgan fingerprint density at radius 2 is 1.79 bits per heavy atom. The van der Waals surface area contributed by atoms with Crippen LogP contribution < -0.4 is 5.63 Å². The number of fused-ring (bicyclic) bond motifs is 1. The van der Waals surface area contributed by atoms with Crippen LogP contribution >= 0.6 is 0 Å². The van der Waals surface area contributed by atoms with Crippen LogP contribution in [0.3, 0.4) is 0 Å². The van der Waals surface area contributed by atoms with Gasteiger partial charge < -0.3 is 9.52 Å². The lowest BCUT2D eigenvalue weighted by Crippen LogP contribution is -1.99. The Morgan fingerprint density at radius 3 is 2.57 bits per heavy atom. The van der Waals surface area contributed by atoms with E-state index in [1.807, 2.05) is 12.2 Å². The van der Waals surface area contributed by atoms with Gasteiger partial charge in [0.15, 0.2) is 0 Å². The Labute approximate surface area is 80.3 Å². The van der Waals surface area contributed by atoms with Crippen molar-refractivity contribution in [1.82, 2.24) is 0 Å². The van der Waals surface area contributed by atoms with E-state index in [0.717, 1.165) is 6.07 Å². The molecule has 0 aromatic carbocycles. The van der Waals surface area contributed by atoms with Gasteiger partial charge in [0.25, 0.3) is 0 Å². The van der Waals surface area contributed by atoms with Crippen LogP contribution in [0.1, 0.15) is 11.3 Å². The van der Waals surface area contributed by atoms with Gasteiger partial charge in [-0.3, -0.25) is 0 Å². The molecule has 1 aliphatic carbocycles. The van der Waals surface area contributed by atoms with Crippen molar-refractivity contribution in [2.45, 2.75) is 0 Å². The predicted molar refractivity (Wildman–Crippen MR) is 53.9 cm³/mol.